The average molecular weight is 429 g/mol. The van der Waals surface area contributed by atoms with E-state index < -0.39 is 11.8 Å². The zero-order valence-electron chi connectivity index (χ0n) is 17.0. The summed E-state index contributed by atoms with van der Waals surface area (Å²) in [6.45, 7) is 5.94. The minimum Gasteiger partial charge on any atom is -0.449 e. The fourth-order valence-electron chi connectivity index (χ4n) is 4.46. The fraction of sp³-hybridized carbons (Fsp3) is 0.348. The molecule has 3 N–H and O–H groups in total. The highest BCUT2D eigenvalue weighted by Gasteiger charge is 2.34. The number of nitrogens with zero attached hydrogens (tertiary/aromatic N) is 1. The van der Waals surface area contributed by atoms with Crippen molar-refractivity contribution in [1.82, 2.24) is 9.88 Å². The van der Waals surface area contributed by atoms with E-state index in [-0.39, 0.29) is 5.88 Å². The highest BCUT2D eigenvalue weighted by molar-refractivity contribution is 6.30. The molecule has 4 rings (SSSR count). The Bertz CT molecular complexity index is 1080. The summed E-state index contributed by atoms with van der Waals surface area (Å²) in [5, 5.41) is 21.9. The van der Waals surface area contributed by atoms with E-state index in [0.717, 1.165) is 33.2 Å². The normalized spacial score (nSPS) is 16.7. The standard InChI is InChI=1S/C23H25ClN2O4/c1-14-11-15(2)20-18(21(30-22(27)28)25-19(20)12-14)13-26-9-7-23(29,8-10-26)16-3-5-17(24)6-4-16/h3-6,11-12,25,29H,7-10,13H2,1-2H3,(H,27,28). The SMILES string of the molecule is Cc1cc(C)c2c(CN3CCC(O)(c4ccc(Cl)cc4)CC3)c(OC(=O)O)[nH]c2c1. The van der Waals surface area contributed by atoms with Gasteiger partial charge in [-0.1, -0.05) is 29.8 Å². The fourth-order valence-corrected chi connectivity index (χ4v) is 4.58. The van der Waals surface area contributed by atoms with Crippen molar-refractivity contribution in [1.29, 1.82) is 0 Å². The highest BCUT2D eigenvalue weighted by Crippen LogP contribution is 2.37. The lowest BCUT2D eigenvalue weighted by Gasteiger charge is -2.38. The number of piperidine rings is 1. The van der Waals surface area contributed by atoms with Crippen LogP contribution in [0.3, 0.4) is 0 Å². The summed E-state index contributed by atoms with van der Waals surface area (Å²) in [5.74, 6) is 0.268. The molecule has 0 saturated carbocycles. The molecule has 0 spiro atoms. The van der Waals surface area contributed by atoms with Gasteiger partial charge < -0.3 is 19.9 Å². The first-order chi connectivity index (χ1) is 14.2. The number of hydrogen-bond donors (Lipinski definition) is 3. The summed E-state index contributed by atoms with van der Waals surface area (Å²) in [4.78, 5) is 16.6. The Morgan fingerprint density at radius 3 is 2.50 bits per heavy atom. The minimum atomic E-state index is -1.34. The number of rotatable bonds is 4. The molecule has 30 heavy (non-hydrogen) atoms. The number of ether oxygens (including phenoxy) is 1. The van der Waals surface area contributed by atoms with Gasteiger partial charge in [0.2, 0.25) is 5.88 Å². The van der Waals surface area contributed by atoms with Crippen LogP contribution in [-0.2, 0) is 12.1 Å². The van der Waals surface area contributed by atoms with Crippen molar-refractivity contribution in [2.45, 2.75) is 38.8 Å². The van der Waals surface area contributed by atoms with E-state index in [9.17, 15) is 9.90 Å². The number of fused-ring (bicyclic) bond motifs is 1. The van der Waals surface area contributed by atoms with Crippen molar-refractivity contribution in [3.8, 4) is 5.88 Å². The number of aliphatic hydroxyl groups is 1. The summed E-state index contributed by atoms with van der Waals surface area (Å²) >= 11 is 5.97. The molecule has 1 fully saturated rings. The molecule has 0 unspecified atom stereocenters. The molecule has 6 nitrogen and oxygen atoms in total. The second kappa shape index (κ2) is 7.95. The van der Waals surface area contributed by atoms with Crippen LogP contribution in [0.5, 0.6) is 5.88 Å². The summed E-state index contributed by atoms with van der Waals surface area (Å²) in [6, 6.07) is 11.4. The van der Waals surface area contributed by atoms with Gasteiger partial charge in [-0.15, -0.1) is 0 Å². The van der Waals surface area contributed by atoms with Gasteiger partial charge in [0.15, 0.2) is 0 Å². The second-order valence-corrected chi connectivity index (χ2v) is 8.56. The Hall–Kier alpha value is -2.54. The van der Waals surface area contributed by atoms with E-state index in [1.54, 1.807) is 12.1 Å². The molecule has 158 valence electrons. The predicted octanol–water partition coefficient (Wildman–Crippen LogP) is 4.98. The average Bonchev–Trinajstić information content (AvgIpc) is 3.00. The molecule has 0 aliphatic carbocycles. The Labute approximate surface area is 180 Å². The Kier molecular flexibility index (Phi) is 5.49. The maximum Gasteiger partial charge on any atom is 0.512 e. The first-order valence-corrected chi connectivity index (χ1v) is 10.4. The van der Waals surface area contributed by atoms with E-state index in [2.05, 4.69) is 16.0 Å². The topological polar surface area (TPSA) is 85.8 Å². The van der Waals surface area contributed by atoms with E-state index in [1.165, 1.54) is 0 Å². The van der Waals surface area contributed by atoms with Crippen molar-refractivity contribution in [2.24, 2.45) is 0 Å². The molecule has 0 amide bonds. The molecule has 7 heteroatoms. The quantitative estimate of drug-likeness (QED) is 0.510. The zero-order valence-corrected chi connectivity index (χ0v) is 17.8. The van der Waals surface area contributed by atoms with Crippen LogP contribution in [0.2, 0.25) is 5.02 Å². The first kappa shape index (κ1) is 20.7. The van der Waals surface area contributed by atoms with Gasteiger partial charge in [0.25, 0.3) is 0 Å². The molecule has 1 aromatic heterocycles. The second-order valence-electron chi connectivity index (χ2n) is 8.12. The Balaban J connectivity index is 1.57. The van der Waals surface area contributed by atoms with Gasteiger partial charge in [-0.2, -0.15) is 0 Å². The number of aromatic amines is 1. The molecule has 0 atom stereocenters. The number of H-pyrrole nitrogens is 1. The summed E-state index contributed by atoms with van der Waals surface area (Å²) in [7, 11) is 0. The van der Waals surface area contributed by atoms with Gasteiger partial charge in [0.05, 0.1) is 5.60 Å². The minimum absolute atomic E-state index is 0.268. The Morgan fingerprint density at radius 2 is 1.87 bits per heavy atom. The van der Waals surface area contributed by atoms with Crippen molar-refractivity contribution < 1.29 is 19.7 Å². The lowest BCUT2D eigenvalue weighted by molar-refractivity contribution is -0.0277. The van der Waals surface area contributed by atoms with Crippen LogP contribution in [0.15, 0.2) is 36.4 Å². The molecule has 2 aromatic carbocycles. The molecule has 3 aromatic rings. The summed E-state index contributed by atoms with van der Waals surface area (Å²) in [6.07, 6.45) is -0.165. The van der Waals surface area contributed by atoms with Gasteiger partial charge in [-0.05, 0) is 61.6 Å². The van der Waals surface area contributed by atoms with Crippen LogP contribution in [0.1, 0.15) is 35.1 Å². The smallest absolute Gasteiger partial charge is 0.449 e. The van der Waals surface area contributed by atoms with Gasteiger partial charge in [-0.25, -0.2) is 4.79 Å². The molecule has 0 radical (unpaired) electrons. The molecular formula is C23H25ClN2O4. The van der Waals surface area contributed by atoms with Crippen LogP contribution in [0.25, 0.3) is 10.9 Å². The number of nitrogens with one attached hydrogen (secondary N) is 1. The van der Waals surface area contributed by atoms with Crippen LogP contribution in [-0.4, -0.2) is 39.3 Å². The third-order valence-corrected chi connectivity index (χ3v) is 6.19. The van der Waals surface area contributed by atoms with Crippen LogP contribution in [0.4, 0.5) is 4.79 Å². The third-order valence-electron chi connectivity index (χ3n) is 5.94. The maximum atomic E-state index is 11.2. The van der Waals surface area contributed by atoms with E-state index in [1.807, 2.05) is 32.0 Å². The molecule has 2 heterocycles. The maximum absolute atomic E-state index is 11.2. The number of benzene rings is 2. The van der Waals surface area contributed by atoms with Crippen molar-refractivity contribution >= 4 is 28.7 Å². The van der Waals surface area contributed by atoms with Crippen LogP contribution >= 0.6 is 11.6 Å². The van der Waals surface area contributed by atoms with E-state index in [4.69, 9.17) is 21.4 Å². The molecule has 1 aliphatic rings. The highest BCUT2D eigenvalue weighted by atomic mass is 35.5. The van der Waals surface area contributed by atoms with Gasteiger partial charge >= 0.3 is 6.16 Å². The summed E-state index contributed by atoms with van der Waals surface area (Å²) in [5.41, 5.74) is 3.87. The van der Waals surface area contributed by atoms with E-state index in [0.29, 0.717) is 37.5 Å². The van der Waals surface area contributed by atoms with Crippen molar-refractivity contribution in [3.63, 3.8) is 0 Å². The predicted molar refractivity (Wildman–Crippen MR) is 116 cm³/mol. The monoisotopic (exact) mass is 428 g/mol. The number of aryl methyl sites for hydroxylation is 2. The lowest BCUT2D eigenvalue weighted by atomic mass is 9.84. The van der Waals surface area contributed by atoms with Gasteiger partial charge in [-0.3, -0.25) is 4.90 Å². The van der Waals surface area contributed by atoms with Crippen LogP contribution in [0, 0.1) is 13.8 Å². The number of halogens is 1. The summed E-state index contributed by atoms with van der Waals surface area (Å²) < 4.78 is 5.06. The molecule has 1 aliphatic heterocycles. The van der Waals surface area contributed by atoms with Crippen molar-refractivity contribution in [3.05, 3.63) is 63.7 Å². The number of hydrogen-bond acceptors (Lipinski definition) is 4. The first-order valence-electron chi connectivity index (χ1n) is 9.98. The van der Waals surface area contributed by atoms with Gasteiger partial charge in [0, 0.05) is 41.1 Å². The lowest BCUT2D eigenvalue weighted by Crippen LogP contribution is -2.42. The van der Waals surface area contributed by atoms with Crippen molar-refractivity contribution in [2.75, 3.05) is 13.1 Å². The number of likely N-dealkylation sites (tertiary alicyclic amines) is 1. The van der Waals surface area contributed by atoms with Gasteiger partial charge in [0.1, 0.15) is 0 Å². The van der Waals surface area contributed by atoms with Crippen LogP contribution < -0.4 is 4.74 Å². The largest absolute Gasteiger partial charge is 0.512 e. The molecule has 0 bridgehead atoms. The molecule has 1 saturated heterocycles. The van der Waals surface area contributed by atoms with E-state index >= 15 is 0 Å². The number of carbonyl (C=O) groups is 1. The zero-order chi connectivity index (χ0) is 21.5. The third kappa shape index (κ3) is 4.03. The molecular weight excluding hydrogens is 404 g/mol. The number of carboxylic acid groups (broad SMARTS) is 1. The Morgan fingerprint density at radius 1 is 1.20 bits per heavy atom. The number of aromatic nitrogens is 1.